The summed E-state index contributed by atoms with van der Waals surface area (Å²) in [5.41, 5.74) is 7.60. The third-order valence-corrected chi connectivity index (χ3v) is 5.95. The van der Waals surface area contributed by atoms with Gasteiger partial charge in [-0.3, -0.25) is 9.89 Å². The molecule has 0 bridgehead atoms. The van der Waals surface area contributed by atoms with Gasteiger partial charge in [-0.05, 0) is 59.4 Å². The fourth-order valence-corrected chi connectivity index (χ4v) is 4.16. The molecule has 182 valence electrons. The molecule has 2 heterocycles. The Kier molecular flexibility index (Phi) is 7.93. The molecule has 36 heavy (non-hydrogen) atoms. The first-order chi connectivity index (χ1) is 17.6. The van der Waals surface area contributed by atoms with E-state index >= 15 is 0 Å². The molecule has 0 aliphatic carbocycles. The van der Waals surface area contributed by atoms with Gasteiger partial charge < -0.3 is 15.5 Å². The molecule has 5 aromatic rings. The molecule has 0 saturated heterocycles. The molecular formula is C29H28N4O3. The number of H-pyrrole nitrogens is 1. The molecule has 0 radical (unpaired) electrons. The highest BCUT2D eigenvalue weighted by Gasteiger charge is 2.12. The van der Waals surface area contributed by atoms with Gasteiger partial charge in [-0.25, -0.2) is 4.98 Å². The zero-order valence-electron chi connectivity index (χ0n) is 20.0. The minimum absolute atomic E-state index is 0.250. The first kappa shape index (κ1) is 24.5. The number of aryl methyl sites for hydroxylation is 1. The molecule has 4 N–H and O–H groups in total. The number of phenols is 1. The van der Waals surface area contributed by atoms with Crippen LogP contribution in [0.2, 0.25) is 0 Å². The van der Waals surface area contributed by atoms with Gasteiger partial charge in [0.1, 0.15) is 11.6 Å². The normalized spacial score (nSPS) is 10.5. The summed E-state index contributed by atoms with van der Waals surface area (Å²) in [5, 5.41) is 28.5. The largest absolute Gasteiger partial charge is 0.508 e. The molecule has 0 spiro atoms. The van der Waals surface area contributed by atoms with E-state index in [0.29, 0.717) is 0 Å². The van der Waals surface area contributed by atoms with Gasteiger partial charge in [-0.2, -0.15) is 5.10 Å². The number of benzene rings is 3. The Bertz CT molecular complexity index is 1430. The van der Waals surface area contributed by atoms with Gasteiger partial charge in [0.15, 0.2) is 0 Å². The maximum absolute atomic E-state index is 9.87. The first-order valence-electron chi connectivity index (χ1n) is 11.8. The Morgan fingerprint density at radius 3 is 2.42 bits per heavy atom. The van der Waals surface area contributed by atoms with Crippen molar-refractivity contribution in [1.82, 2.24) is 15.2 Å². The Hall–Kier alpha value is -4.65. The van der Waals surface area contributed by atoms with Crippen LogP contribution in [-0.4, -0.2) is 38.4 Å². The van der Waals surface area contributed by atoms with Crippen LogP contribution < -0.4 is 5.32 Å². The van der Waals surface area contributed by atoms with Gasteiger partial charge in [-0.15, -0.1) is 0 Å². The molecule has 3 aromatic carbocycles. The summed E-state index contributed by atoms with van der Waals surface area (Å²) >= 11 is 0. The lowest BCUT2D eigenvalue weighted by Gasteiger charge is -2.12. The number of rotatable bonds is 7. The lowest BCUT2D eigenvalue weighted by molar-refractivity contribution is -0.122. The number of nitrogens with one attached hydrogen (secondary N) is 2. The number of carbonyl (C=O) groups is 1. The highest BCUT2D eigenvalue weighted by molar-refractivity contribution is 5.92. The maximum atomic E-state index is 9.87. The summed E-state index contributed by atoms with van der Waals surface area (Å²) in [7, 11) is 0. The third kappa shape index (κ3) is 5.70. The number of carboxylic acid groups (broad SMARTS) is 1. The summed E-state index contributed by atoms with van der Waals surface area (Å²) in [6, 6.07) is 26.6. The number of hydrogen-bond donors (Lipinski definition) is 4. The third-order valence-electron chi connectivity index (χ3n) is 5.95. The Morgan fingerprint density at radius 1 is 0.972 bits per heavy atom. The van der Waals surface area contributed by atoms with Crippen molar-refractivity contribution in [2.45, 2.75) is 19.8 Å². The van der Waals surface area contributed by atoms with Crippen molar-refractivity contribution in [3.63, 3.8) is 0 Å². The van der Waals surface area contributed by atoms with E-state index in [1.807, 2.05) is 18.2 Å². The van der Waals surface area contributed by atoms with E-state index in [0.717, 1.165) is 52.9 Å². The molecule has 0 saturated carbocycles. The summed E-state index contributed by atoms with van der Waals surface area (Å²) < 4.78 is 0. The molecule has 0 amide bonds. The van der Waals surface area contributed by atoms with Crippen molar-refractivity contribution in [2.75, 3.05) is 11.9 Å². The van der Waals surface area contributed by atoms with Gasteiger partial charge >= 0.3 is 0 Å². The molecular weight excluding hydrogens is 452 g/mol. The summed E-state index contributed by atoms with van der Waals surface area (Å²) in [5.74, 6) is 1.09. The quantitative estimate of drug-likeness (QED) is 0.215. The van der Waals surface area contributed by atoms with E-state index < -0.39 is 0 Å². The van der Waals surface area contributed by atoms with Crippen molar-refractivity contribution in [1.29, 1.82) is 0 Å². The van der Waals surface area contributed by atoms with E-state index in [1.165, 1.54) is 16.7 Å². The highest BCUT2D eigenvalue weighted by atomic mass is 16.3. The molecule has 0 fully saturated rings. The van der Waals surface area contributed by atoms with E-state index in [9.17, 15) is 5.11 Å². The molecule has 0 atom stereocenters. The summed E-state index contributed by atoms with van der Waals surface area (Å²) in [4.78, 5) is 13.3. The first-order valence-corrected chi connectivity index (χ1v) is 11.8. The van der Waals surface area contributed by atoms with Crippen LogP contribution in [0.25, 0.3) is 33.3 Å². The molecule has 0 aliphatic rings. The standard InChI is InChI=1S/C28H26N4O.CH2O2/c1-2-20-16-23(33)12-13-24(20)26-17-27-25(18-30-32-27)28(31-26)29-15-14-19-8-10-22(11-9-19)21-6-4-3-5-7-21;2-1-3/h3-13,16-18,33H,2,14-15H2,1H3,(H,29,31)(H,30,32);1H,(H,2,3). The van der Waals surface area contributed by atoms with Gasteiger partial charge in [0.25, 0.3) is 6.47 Å². The number of hydrogen-bond acceptors (Lipinski definition) is 5. The van der Waals surface area contributed by atoms with Crippen LogP contribution in [0.3, 0.4) is 0 Å². The lowest BCUT2D eigenvalue weighted by Crippen LogP contribution is -2.07. The summed E-state index contributed by atoms with van der Waals surface area (Å²) in [6.45, 7) is 2.59. The molecule has 0 unspecified atom stereocenters. The topological polar surface area (TPSA) is 111 Å². The number of aromatic hydroxyl groups is 1. The van der Waals surface area contributed by atoms with E-state index in [4.69, 9.17) is 14.9 Å². The lowest BCUT2D eigenvalue weighted by atomic mass is 10.0. The highest BCUT2D eigenvalue weighted by Crippen LogP contribution is 2.31. The van der Waals surface area contributed by atoms with Crippen LogP contribution in [0.4, 0.5) is 5.82 Å². The zero-order valence-corrected chi connectivity index (χ0v) is 20.0. The number of phenolic OH excluding ortho intramolecular Hbond substituents is 1. The van der Waals surface area contributed by atoms with Gasteiger partial charge in [0.05, 0.1) is 22.8 Å². The number of fused-ring (bicyclic) bond motifs is 1. The van der Waals surface area contributed by atoms with Crippen molar-refractivity contribution in [3.8, 4) is 28.1 Å². The Balaban J connectivity index is 0.000000967. The van der Waals surface area contributed by atoms with Crippen LogP contribution in [-0.2, 0) is 17.6 Å². The molecule has 2 aromatic heterocycles. The average Bonchev–Trinajstić information content (AvgIpc) is 3.39. The number of aromatic nitrogens is 3. The second-order valence-corrected chi connectivity index (χ2v) is 8.23. The number of aromatic amines is 1. The van der Waals surface area contributed by atoms with Crippen molar-refractivity contribution >= 4 is 23.2 Å². The van der Waals surface area contributed by atoms with Crippen LogP contribution in [0.15, 0.2) is 85.1 Å². The Morgan fingerprint density at radius 2 is 1.69 bits per heavy atom. The van der Waals surface area contributed by atoms with Gasteiger partial charge in [0, 0.05) is 12.1 Å². The second kappa shape index (κ2) is 11.7. The predicted molar refractivity (Wildman–Crippen MR) is 143 cm³/mol. The fraction of sp³-hybridized carbons (Fsp3) is 0.138. The predicted octanol–water partition coefficient (Wildman–Crippen LogP) is 5.92. The monoisotopic (exact) mass is 480 g/mol. The zero-order chi connectivity index (χ0) is 25.3. The Labute approximate surface area is 209 Å². The van der Waals surface area contributed by atoms with Crippen LogP contribution in [0.1, 0.15) is 18.1 Å². The van der Waals surface area contributed by atoms with Crippen molar-refractivity contribution < 1.29 is 15.0 Å². The van der Waals surface area contributed by atoms with Gasteiger partial charge in [0.2, 0.25) is 0 Å². The average molecular weight is 481 g/mol. The number of nitrogens with zero attached hydrogens (tertiary/aromatic N) is 2. The number of pyridine rings is 1. The maximum Gasteiger partial charge on any atom is 0.290 e. The van der Waals surface area contributed by atoms with Gasteiger partial charge in [-0.1, -0.05) is 61.5 Å². The van der Waals surface area contributed by atoms with Crippen molar-refractivity contribution in [3.05, 3.63) is 96.2 Å². The molecule has 5 rings (SSSR count). The van der Waals surface area contributed by atoms with Crippen LogP contribution in [0, 0.1) is 0 Å². The van der Waals surface area contributed by atoms with E-state index in [1.54, 1.807) is 18.3 Å². The second-order valence-electron chi connectivity index (χ2n) is 8.23. The van der Waals surface area contributed by atoms with E-state index in [2.05, 4.69) is 71.0 Å². The van der Waals surface area contributed by atoms with Crippen molar-refractivity contribution in [2.24, 2.45) is 0 Å². The fourth-order valence-electron chi connectivity index (χ4n) is 4.16. The molecule has 7 heteroatoms. The number of anilines is 1. The minimum Gasteiger partial charge on any atom is -0.508 e. The SMILES string of the molecule is CCc1cc(O)ccc1-c1cc2[nH]ncc2c(NCCc2ccc(-c3ccccc3)cc2)n1.O=CO. The van der Waals surface area contributed by atoms with E-state index in [-0.39, 0.29) is 12.2 Å². The molecule has 7 nitrogen and oxygen atoms in total. The van der Waals surface area contributed by atoms with Crippen LogP contribution in [0.5, 0.6) is 5.75 Å². The minimum atomic E-state index is -0.250. The molecule has 0 aliphatic heterocycles. The summed E-state index contributed by atoms with van der Waals surface area (Å²) in [6.07, 6.45) is 3.51. The van der Waals surface area contributed by atoms with Crippen LogP contribution >= 0.6 is 0 Å². The smallest absolute Gasteiger partial charge is 0.290 e.